The molecule has 27 heavy (non-hydrogen) atoms. The molecule has 1 aromatic heterocycles. The number of methoxy groups -OCH3 is 2. The number of nitrogens with one attached hydrogen (secondary N) is 2. The summed E-state index contributed by atoms with van der Waals surface area (Å²) in [6, 6.07) is 5.62. The first kappa shape index (κ1) is 19.2. The van der Waals surface area contributed by atoms with Crippen LogP contribution in [0.1, 0.15) is 38.3 Å². The van der Waals surface area contributed by atoms with Gasteiger partial charge in [-0.3, -0.25) is 9.89 Å². The lowest BCUT2D eigenvalue weighted by Gasteiger charge is -2.22. The van der Waals surface area contributed by atoms with Gasteiger partial charge in [-0.2, -0.15) is 5.10 Å². The van der Waals surface area contributed by atoms with Crippen molar-refractivity contribution in [3.8, 4) is 22.8 Å². The number of H-pyrrole nitrogens is 1. The number of anilines is 1. The minimum Gasteiger partial charge on any atom is -0.493 e. The van der Waals surface area contributed by atoms with E-state index in [1.165, 1.54) is 0 Å². The molecule has 1 aromatic carbocycles. The van der Waals surface area contributed by atoms with Crippen LogP contribution >= 0.6 is 0 Å². The zero-order valence-electron chi connectivity index (χ0n) is 16.3. The first-order valence-corrected chi connectivity index (χ1v) is 9.24. The van der Waals surface area contributed by atoms with Gasteiger partial charge in [-0.25, -0.2) is 0 Å². The Hall–Kier alpha value is -2.54. The van der Waals surface area contributed by atoms with Crippen LogP contribution in [-0.4, -0.2) is 43.5 Å². The summed E-state index contributed by atoms with van der Waals surface area (Å²) in [7, 11) is 3.20. The number of aromatic amines is 1. The SMILES string of the molecule is COc1ccc(-c2n[nH]c(C3CCOCC3)c2NC(=O)C(C)C)cc1OC. The van der Waals surface area contributed by atoms with Crippen LogP contribution in [0.2, 0.25) is 0 Å². The molecule has 1 aliphatic rings. The van der Waals surface area contributed by atoms with Crippen molar-refractivity contribution in [2.24, 2.45) is 5.92 Å². The molecule has 0 aliphatic carbocycles. The van der Waals surface area contributed by atoms with Crippen LogP contribution in [0.4, 0.5) is 5.69 Å². The highest BCUT2D eigenvalue weighted by molar-refractivity contribution is 5.96. The highest BCUT2D eigenvalue weighted by Crippen LogP contribution is 2.39. The van der Waals surface area contributed by atoms with E-state index in [1.807, 2.05) is 32.0 Å². The van der Waals surface area contributed by atoms with Gasteiger partial charge in [-0.15, -0.1) is 0 Å². The van der Waals surface area contributed by atoms with E-state index in [9.17, 15) is 4.79 Å². The quantitative estimate of drug-likeness (QED) is 0.808. The van der Waals surface area contributed by atoms with Crippen molar-refractivity contribution in [3.05, 3.63) is 23.9 Å². The number of amides is 1. The second kappa shape index (κ2) is 8.43. The van der Waals surface area contributed by atoms with Crippen molar-refractivity contribution in [2.45, 2.75) is 32.6 Å². The Balaban J connectivity index is 2.03. The minimum atomic E-state index is -0.124. The van der Waals surface area contributed by atoms with Gasteiger partial charge in [0.25, 0.3) is 0 Å². The van der Waals surface area contributed by atoms with E-state index in [4.69, 9.17) is 14.2 Å². The van der Waals surface area contributed by atoms with E-state index in [2.05, 4.69) is 15.5 Å². The predicted octanol–water partition coefficient (Wildman–Crippen LogP) is 3.58. The van der Waals surface area contributed by atoms with Gasteiger partial charge < -0.3 is 19.5 Å². The number of carbonyl (C=O) groups is 1. The average Bonchev–Trinajstić information content (AvgIpc) is 3.11. The van der Waals surface area contributed by atoms with Crippen LogP contribution in [0.25, 0.3) is 11.3 Å². The number of rotatable bonds is 6. The minimum absolute atomic E-state index is 0.0357. The highest BCUT2D eigenvalue weighted by atomic mass is 16.5. The molecule has 1 aliphatic heterocycles. The first-order chi connectivity index (χ1) is 13.0. The summed E-state index contributed by atoms with van der Waals surface area (Å²) in [5.74, 6) is 1.38. The maximum absolute atomic E-state index is 12.4. The van der Waals surface area contributed by atoms with Crippen molar-refractivity contribution in [3.63, 3.8) is 0 Å². The topological polar surface area (TPSA) is 85.5 Å². The van der Waals surface area contributed by atoms with Crippen LogP contribution in [0.5, 0.6) is 11.5 Å². The largest absolute Gasteiger partial charge is 0.493 e. The van der Waals surface area contributed by atoms with E-state index in [1.54, 1.807) is 14.2 Å². The van der Waals surface area contributed by atoms with Gasteiger partial charge in [0.2, 0.25) is 5.91 Å². The van der Waals surface area contributed by atoms with E-state index in [0.29, 0.717) is 30.4 Å². The van der Waals surface area contributed by atoms with Gasteiger partial charge in [-0.05, 0) is 31.0 Å². The summed E-state index contributed by atoms with van der Waals surface area (Å²) < 4.78 is 16.2. The third-order valence-corrected chi connectivity index (χ3v) is 4.85. The first-order valence-electron chi connectivity index (χ1n) is 9.24. The number of hydrogen-bond acceptors (Lipinski definition) is 5. The molecule has 0 spiro atoms. The van der Waals surface area contributed by atoms with Crippen LogP contribution in [0, 0.1) is 5.92 Å². The third kappa shape index (κ3) is 4.08. The maximum Gasteiger partial charge on any atom is 0.227 e. The Morgan fingerprint density at radius 2 is 1.93 bits per heavy atom. The number of nitrogens with zero attached hydrogens (tertiary/aromatic N) is 1. The summed E-state index contributed by atoms with van der Waals surface area (Å²) in [5, 5.41) is 10.8. The van der Waals surface area contributed by atoms with Gasteiger partial charge in [0.1, 0.15) is 5.69 Å². The fourth-order valence-electron chi connectivity index (χ4n) is 3.22. The number of carbonyl (C=O) groups excluding carboxylic acids is 1. The molecular weight excluding hydrogens is 346 g/mol. The molecule has 7 nitrogen and oxygen atoms in total. The summed E-state index contributed by atoms with van der Waals surface area (Å²) >= 11 is 0. The van der Waals surface area contributed by atoms with Crippen molar-refractivity contribution in [1.82, 2.24) is 10.2 Å². The van der Waals surface area contributed by atoms with Crippen molar-refractivity contribution >= 4 is 11.6 Å². The van der Waals surface area contributed by atoms with Crippen molar-refractivity contribution < 1.29 is 19.0 Å². The molecule has 2 N–H and O–H groups in total. The standard InChI is InChI=1S/C20H27N3O4/c1-12(2)20(24)21-19-17(13-7-9-27-10-8-13)22-23-18(19)14-5-6-15(25-3)16(11-14)26-4/h5-6,11-13H,7-10H2,1-4H3,(H,21,24)(H,22,23). The zero-order valence-corrected chi connectivity index (χ0v) is 16.3. The fourth-order valence-corrected chi connectivity index (χ4v) is 3.22. The Morgan fingerprint density at radius 1 is 1.22 bits per heavy atom. The van der Waals surface area contributed by atoms with Gasteiger partial charge in [0.15, 0.2) is 11.5 Å². The lowest BCUT2D eigenvalue weighted by molar-refractivity contribution is -0.118. The smallest absolute Gasteiger partial charge is 0.227 e. The molecular formula is C20H27N3O4. The van der Waals surface area contributed by atoms with Crippen LogP contribution in [0.15, 0.2) is 18.2 Å². The number of ether oxygens (including phenoxy) is 3. The Kier molecular flexibility index (Phi) is 6.01. The molecule has 1 fully saturated rings. The van der Waals surface area contributed by atoms with Gasteiger partial charge >= 0.3 is 0 Å². The Bertz CT molecular complexity index is 795. The van der Waals surface area contributed by atoms with Crippen molar-refractivity contribution in [1.29, 1.82) is 0 Å². The predicted molar refractivity (Wildman–Crippen MR) is 103 cm³/mol. The van der Waals surface area contributed by atoms with Gasteiger partial charge in [0.05, 0.1) is 25.6 Å². The van der Waals surface area contributed by atoms with Crippen LogP contribution in [-0.2, 0) is 9.53 Å². The molecule has 3 rings (SSSR count). The second-order valence-corrected chi connectivity index (χ2v) is 6.96. The third-order valence-electron chi connectivity index (χ3n) is 4.85. The number of hydrogen-bond donors (Lipinski definition) is 2. The van der Waals surface area contributed by atoms with Crippen molar-refractivity contribution in [2.75, 3.05) is 32.8 Å². The molecule has 0 radical (unpaired) electrons. The molecule has 2 aromatic rings. The Morgan fingerprint density at radius 3 is 2.56 bits per heavy atom. The zero-order chi connectivity index (χ0) is 19.4. The summed E-state index contributed by atoms with van der Waals surface area (Å²) in [4.78, 5) is 12.4. The Labute approximate surface area is 159 Å². The molecule has 2 heterocycles. The number of benzene rings is 1. The van der Waals surface area contributed by atoms with E-state index in [0.717, 1.165) is 29.8 Å². The summed E-state index contributed by atoms with van der Waals surface area (Å²) in [5.41, 5.74) is 3.25. The maximum atomic E-state index is 12.4. The molecule has 7 heteroatoms. The molecule has 0 atom stereocenters. The average molecular weight is 373 g/mol. The van der Waals surface area contributed by atoms with E-state index >= 15 is 0 Å². The summed E-state index contributed by atoms with van der Waals surface area (Å²) in [6.45, 7) is 5.18. The molecule has 1 amide bonds. The van der Waals surface area contributed by atoms with Crippen LogP contribution in [0.3, 0.4) is 0 Å². The lowest BCUT2D eigenvalue weighted by atomic mass is 9.94. The van der Waals surface area contributed by atoms with Gasteiger partial charge in [-0.1, -0.05) is 13.8 Å². The van der Waals surface area contributed by atoms with E-state index < -0.39 is 0 Å². The number of aromatic nitrogens is 2. The molecule has 1 saturated heterocycles. The highest BCUT2D eigenvalue weighted by Gasteiger charge is 2.26. The molecule has 0 unspecified atom stereocenters. The van der Waals surface area contributed by atoms with Gasteiger partial charge in [0, 0.05) is 30.6 Å². The lowest BCUT2D eigenvalue weighted by Crippen LogP contribution is -2.21. The van der Waals surface area contributed by atoms with Crippen LogP contribution < -0.4 is 14.8 Å². The molecule has 0 saturated carbocycles. The monoisotopic (exact) mass is 373 g/mol. The fraction of sp³-hybridized carbons (Fsp3) is 0.500. The summed E-state index contributed by atoms with van der Waals surface area (Å²) in [6.07, 6.45) is 1.80. The molecule has 146 valence electrons. The normalized spacial score (nSPS) is 15.0. The van der Waals surface area contributed by atoms with E-state index in [-0.39, 0.29) is 17.7 Å². The molecule has 0 bridgehead atoms. The second-order valence-electron chi connectivity index (χ2n) is 6.96.